The van der Waals surface area contributed by atoms with E-state index >= 15 is 0 Å². The summed E-state index contributed by atoms with van der Waals surface area (Å²) in [6, 6.07) is 13.8. The molecule has 0 radical (unpaired) electrons. The van der Waals surface area contributed by atoms with Gasteiger partial charge in [-0.2, -0.15) is 0 Å². The first-order valence-electron chi connectivity index (χ1n) is 9.95. The lowest BCUT2D eigenvalue weighted by Gasteiger charge is -2.43. The minimum atomic E-state index is -3.69. The van der Waals surface area contributed by atoms with Gasteiger partial charge in [0.25, 0.3) is 5.91 Å². The summed E-state index contributed by atoms with van der Waals surface area (Å²) in [6.45, 7) is 0.424. The topological polar surface area (TPSA) is 93.2 Å². The Morgan fingerprint density at radius 1 is 1.00 bits per heavy atom. The van der Waals surface area contributed by atoms with E-state index in [1.807, 2.05) is 6.07 Å². The van der Waals surface area contributed by atoms with Gasteiger partial charge in [0.2, 0.25) is 5.91 Å². The van der Waals surface area contributed by atoms with E-state index in [1.165, 1.54) is 19.1 Å². The number of methoxy groups -OCH3 is 2. The predicted molar refractivity (Wildman–Crippen MR) is 115 cm³/mol. The van der Waals surface area contributed by atoms with Gasteiger partial charge in [-0.25, -0.2) is 8.42 Å². The number of benzene rings is 2. The van der Waals surface area contributed by atoms with Crippen molar-refractivity contribution in [3.05, 3.63) is 54.1 Å². The van der Waals surface area contributed by atoms with Gasteiger partial charge in [-0.3, -0.25) is 14.5 Å². The first kappa shape index (κ1) is 21.2. The first-order chi connectivity index (χ1) is 14.8. The summed E-state index contributed by atoms with van der Waals surface area (Å²) in [5.41, 5.74) is 0.940. The third-order valence-electron chi connectivity index (χ3n) is 6.03. The Morgan fingerprint density at radius 2 is 1.68 bits per heavy atom. The van der Waals surface area contributed by atoms with Crippen LogP contribution >= 0.6 is 0 Å². The molecular weight excluding hydrogens is 420 g/mol. The number of hydrogen-bond acceptors (Lipinski definition) is 6. The summed E-state index contributed by atoms with van der Waals surface area (Å²) in [4.78, 5) is 27.5. The van der Waals surface area contributed by atoms with Crippen LogP contribution in [0.5, 0.6) is 11.5 Å². The molecule has 2 saturated heterocycles. The summed E-state index contributed by atoms with van der Waals surface area (Å²) in [5.74, 6) is -0.230. The van der Waals surface area contributed by atoms with E-state index in [0.717, 1.165) is 0 Å². The smallest absolute Gasteiger partial charge is 0.257 e. The average Bonchev–Trinajstić information content (AvgIpc) is 2.97. The lowest BCUT2D eigenvalue weighted by atomic mass is 10.00. The van der Waals surface area contributed by atoms with E-state index in [4.69, 9.17) is 9.47 Å². The van der Waals surface area contributed by atoms with Crippen LogP contribution in [0.2, 0.25) is 0 Å². The molecule has 8 nitrogen and oxygen atoms in total. The molecule has 2 aromatic rings. The summed E-state index contributed by atoms with van der Waals surface area (Å²) >= 11 is 0. The normalized spacial score (nSPS) is 19.5. The number of amides is 2. The maximum atomic E-state index is 13.1. The summed E-state index contributed by atoms with van der Waals surface area (Å²) in [6.07, 6.45) is 0.306. The van der Waals surface area contributed by atoms with Crippen LogP contribution in [-0.2, 0) is 14.6 Å². The van der Waals surface area contributed by atoms with Gasteiger partial charge in [-0.05, 0) is 24.3 Å². The zero-order valence-corrected chi connectivity index (χ0v) is 18.2. The van der Waals surface area contributed by atoms with E-state index in [0.29, 0.717) is 22.7 Å². The molecule has 0 aromatic heterocycles. The number of nitrogens with zero attached hydrogens (tertiary/aromatic N) is 2. The van der Waals surface area contributed by atoms with Crippen molar-refractivity contribution in [1.29, 1.82) is 0 Å². The Balaban J connectivity index is 1.61. The molecule has 0 bridgehead atoms. The van der Waals surface area contributed by atoms with Crippen LogP contribution in [0.4, 0.5) is 5.69 Å². The number of piperidine rings is 1. The van der Waals surface area contributed by atoms with Gasteiger partial charge < -0.3 is 14.4 Å². The monoisotopic (exact) mass is 444 g/mol. The fraction of sp³-hybridized carbons (Fsp3) is 0.364. The van der Waals surface area contributed by atoms with Gasteiger partial charge in [0.05, 0.1) is 19.8 Å². The molecule has 2 aliphatic rings. The van der Waals surface area contributed by atoms with E-state index in [1.54, 1.807) is 47.4 Å². The minimum Gasteiger partial charge on any atom is -0.497 e. The number of likely N-dealkylation sites (tertiary alicyclic amines) is 1. The molecule has 0 N–H and O–H groups in total. The number of anilines is 1. The third kappa shape index (κ3) is 3.42. The largest absolute Gasteiger partial charge is 0.497 e. The molecule has 1 spiro atoms. The summed E-state index contributed by atoms with van der Waals surface area (Å²) in [5, 5.41) is 0. The summed E-state index contributed by atoms with van der Waals surface area (Å²) < 4.78 is 36.6. The zero-order valence-electron chi connectivity index (χ0n) is 17.4. The van der Waals surface area contributed by atoms with E-state index in [2.05, 4.69) is 0 Å². The maximum Gasteiger partial charge on any atom is 0.257 e. The quantitative estimate of drug-likeness (QED) is 0.717. The number of rotatable bonds is 4. The number of ether oxygens (including phenoxy) is 2. The highest BCUT2D eigenvalue weighted by Crippen LogP contribution is 2.43. The molecule has 2 aliphatic heterocycles. The lowest BCUT2D eigenvalue weighted by molar-refractivity contribution is -0.116. The van der Waals surface area contributed by atoms with Gasteiger partial charge in [0, 0.05) is 37.7 Å². The SMILES string of the molecule is COc1ccc(C(=O)N2CCC3(CC2)N(c2ccccc2)C(=O)CS3(=O)=O)c(OC)c1. The molecule has 9 heteroatoms. The molecule has 2 amide bonds. The highest BCUT2D eigenvalue weighted by Gasteiger charge is 2.59. The van der Waals surface area contributed by atoms with Crippen molar-refractivity contribution in [3.63, 3.8) is 0 Å². The van der Waals surface area contributed by atoms with Crippen molar-refractivity contribution >= 4 is 27.3 Å². The van der Waals surface area contributed by atoms with E-state index < -0.39 is 26.4 Å². The van der Waals surface area contributed by atoms with Crippen LogP contribution < -0.4 is 14.4 Å². The molecule has 0 saturated carbocycles. The fourth-order valence-corrected chi connectivity index (χ4v) is 6.44. The second kappa shape index (κ2) is 7.88. The number of carbonyl (C=O) groups excluding carboxylic acids is 2. The Hall–Kier alpha value is -3.07. The molecule has 31 heavy (non-hydrogen) atoms. The van der Waals surface area contributed by atoms with Crippen LogP contribution in [0, 0.1) is 0 Å². The summed E-state index contributed by atoms with van der Waals surface area (Å²) in [7, 11) is -0.687. The Kier molecular flexibility index (Phi) is 5.38. The molecule has 0 unspecified atom stereocenters. The van der Waals surface area contributed by atoms with Crippen molar-refractivity contribution in [3.8, 4) is 11.5 Å². The van der Waals surface area contributed by atoms with Gasteiger partial charge >= 0.3 is 0 Å². The van der Waals surface area contributed by atoms with Gasteiger partial charge in [-0.1, -0.05) is 18.2 Å². The Labute approximate surface area is 181 Å². The first-order valence-corrected chi connectivity index (χ1v) is 11.6. The fourth-order valence-electron chi connectivity index (χ4n) is 4.42. The predicted octanol–water partition coefficient (Wildman–Crippen LogP) is 2.10. The Bertz CT molecular complexity index is 1110. The van der Waals surface area contributed by atoms with Crippen LogP contribution in [0.3, 0.4) is 0 Å². The molecule has 0 aliphatic carbocycles. The average molecular weight is 445 g/mol. The second-order valence-electron chi connectivity index (χ2n) is 7.63. The van der Waals surface area contributed by atoms with Crippen LogP contribution in [-0.4, -0.2) is 63.1 Å². The number of carbonyl (C=O) groups is 2. The number of hydrogen-bond donors (Lipinski definition) is 0. The molecule has 2 fully saturated rings. The van der Waals surface area contributed by atoms with E-state index in [-0.39, 0.29) is 31.8 Å². The van der Waals surface area contributed by atoms with Crippen molar-refractivity contribution in [2.45, 2.75) is 17.7 Å². The van der Waals surface area contributed by atoms with Crippen LogP contribution in [0.1, 0.15) is 23.2 Å². The van der Waals surface area contributed by atoms with Crippen molar-refractivity contribution in [2.75, 3.05) is 38.0 Å². The van der Waals surface area contributed by atoms with Crippen molar-refractivity contribution in [2.24, 2.45) is 0 Å². The standard InChI is InChI=1S/C22H24N2O6S/c1-29-17-8-9-18(19(14-17)30-2)21(26)23-12-10-22(11-13-23)24(16-6-4-3-5-7-16)20(25)15-31(22,27)28/h3-9,14H,10-13,15H2,1-2H3. The highest BCUT2D eigenvalue weighted by atomic mass is 32.2. The van der Waals surface area contributed by atoms with Crippen LogP contribution in [0.15, 0.2) is 48.5 Å². The van der Waals surface area contributed by atoms with Crippen LogP contribution in [0.25, 0.3) is 0 Å². The molecule has 4 rings (SSSR count). The number of sulfone groups is 1. The van der Waals surface area contributed by atoms with Gasteiger partial charge in [0.1, 0.15) is 17.3 Å². The highest BCUT2D eigenvalue weighted by molar-refractivity contribution is 7.94. The molecule has 0 atom stereocenters. The van der Waals surface area contributed by atoms with Gasteiger partial charge in [-0.15, -0.1) is 0 Å². The zero-order chi connectivity index (χ0) is 22.2. The molecule has 164 valence electrons. The van der Waals surface area contributed by atoms with Gasteiger partial charge in [0.15, 0.2) is 14.7 Å². The molecule has 2 aromatic carbocycles. The molecule has 2 heterocycles. The second-order valence-corrected chi connectivity index (χ2v) is 9.91. The minimum absolute atomic E-state index is 0.153. The van der Waals surface area contributed by atoms with Crippen molar-refractivity contribution in [1.82, 2.24) is 4.90 Å². The maximum absolute atomic E-state index is 13.1. The molecular formula is C22H24N2O6S. The Morgan fingerprint density at radius 3 is 2.29 bits per heavy atom. The third-order valence-corrected chi connectivity index (χ3v) is 8.41. The number of para-hydroxylation sites is 1. The lowest BCUT2D eigenvalue weighted by Crippen LogP contribution is -2.57. The van der Waals surface area contributed by atoms with E-state index in [9.17, 15) is 18.0 Å². The van der Waals surface area contributed by atoms with Crippen molar-refractivity contribution < 1.29 is 27.5 Å².